The molecule has 0 spiro atoms. The summed E-state index contributed by atoms with van der Waals surface area (Å²) in [5, 5.41) is 6.35. The Morgan fingerprint density at radius 1 is 1.50 bits per heavy atom. The predicted octanol–water partition coefficient (Wildman–Crippen LogP) is 2.75. The van der Waals surface area contributed by atoms with E-state index in [9.17, 15) is 0 Å². The highest BCUT2D eigenvalue weighted by Gasteiger charge is 2.14. The fourth-order valence-electron chi connectivity index (χ4n) is 2.30. The topological polar surface area (TPSA) is 63.3 Å². The molecular weight excluding hydrogens is 244 g/mol. The lowest BCUT2D eigenvalue weighted by Gasteiger charge is -2.19. The van der Waals surface area contributed by atoms with Gasteiger partial charge in [0, 0.05) is 11.1 Å². The zero-order valence-corrected chi connectivity index (χ0v) is 12.0. The molecule has 18 heavy (non-hydrogen) atoms. The van der Waals surface area contributed by atoms with Gasteiger partial charge in [0.1, 0.15) is 5.01 Å². The standard InChI is InChI=1S/C13H22N4S/c1-9-8-18-12(15-9)10(2)16-13(14)17-11-6-4-3-5-7-11/h8,10-11H,3-7H2,1-2H3,(H3,14,16,17). The Kier molecular flexibility index (Phi) is 4.58. The number of nitrogens with one attached hydrogen (secondary N) is 1. The Balaban J connectivity index is 1.89. The number of aromatic nitrogens is 1. The van der Waals surface area contributed by atoms with Gasteiger partial charge in [0.15, 0.2) is 5.96 Å². The van der Waals surface area contributed by atoms with Crippen molar-refractivity contribution in [2.45, 2.75) is 58.0 Å². The van der Waals surface area contributed by atoms with Crippen molar-refractivity contribution < 1.29 is 0 Å². The van der Waals surface area contributed by atoms with Crippen molar-refractivity contribution >= 4 is 17.3 Å². The summed E-state index contributed by atoms with van der Waals surface area (Å²) < 4.78 is 0. The van der Waals surface area contributed by atoms with Crippen LogP contribution in [0, 0.1) is 6.92 Å². The summed E-state index contributed by atoms with van der Waals surface area (Å²) in [6, 6.07) is 0.549. The normalized spacial score (nSPS) is 19.8. The van der Waals surface area contributed by atoms with E-state index in [2.05, 4.69) is 27.6 Å². The number of thiazole rings is 1. The maximum Gasteiger partial charge on any atom is 0.189 e. The summed E-state index contributed by atoms with van der Waals surface area (Å²) >= 11 is 1.66. The van der Waals surface area contributed by atoms with Crippen LogP contribution in [-0.2, 0) is 0 Å². The first kappa shape index (κ1) is 13.3. The van der Waals surface area contributed by atoms with Crippen molar-refractivity contribution in [3.05, 3.63) is 16.1 Å². The molecule has 1 aliphatic carbocycles. The molecule has 1 aromatic rings. The lowest BCUT2D eigenvalue weighted by Crippen LogP contribution is -2.35. The van der Waals surface area contributed by atoms with Crippen LogP contribution in [0.15, 0.2) is 10.4 Å². The average Bonchev–Trinajstić information content (AvgIpc) is 2.77. The molecule has 5 heteroatoms. The Bertz CT molecular complexity index is 407. The molecule has 1 unspecified atom stereocenters. The minimum atomic E-state index is 0.135. The molecule has 1 aliphatic rings. The van der Waals surface area contributed by atoms with Crippen molar-refractivity contribution in [3.63, 3.8) is 0 Å². The number of rotatable bonds is 3. The van der Waals surface area contributed by atoms with Crippen molar-refractivity contribution in [1.29, 1.82) is 0 Å². The van der Waals surface area contributed by atoms with Crippen LogP contribution in [0.2, 0.25) is 0 Å². The van der Waals surface area contributed by atoms with Gasteiger partial charge in [0.05, 0.1) is 12.1 Å². The third-order valence-electron chi connectivity index (χ3n) is 3.27. The molecule has 0 bridgehead atoms. The minimum absolute atomic E-state index is 0.135. The van der Waals surface area contributed by atoms with E-state index in [0.29, 0.717) is 12.0 Å². The van der Waals surface area contributed by atoms with Crippen LogP contribution < -0.4 is 11.1 Å². The molecule has 1 fully saturated rings. The molecule has 1 saturated carbocycles. The van der Waals surface area contributed by atoms with Gasteiger partial charge in [-0.25, -0.2) is 4.98 Å². The number of hydrogen-bond acceptors (Lipinski definition) is 3. The van der Waals surface area contributed by atoms with Gasteiger partial charge in [-0.2, -0.15) is 0 Å². The van der Waals surface area contributed by atoms with E-state index in [4.69, 9.17) is 5.73 Å². The van der Waals surface area contributed by atoms with Crippen LogP contribution in [0.1, 0.15) is 55.8 Å². The third-order valence-corrected chi connectivity index (χ3v) is 4.41. The summed E-state index contributed by atoms with van der Waals surface area (Å²) in [6.07, 6.45) is 6.25. The Labute approximate surface area is 113 Å². The molecule has 1 aromatic heterocycles. The zero-order chi connectivity index (χ0) is 13.0. The highest BCUT2D eigenvalue weighted by molar-refractivity contribution is 7.09. The van der Waals surface area contributed by atoms with Gasteiger partial charge >= 0.3 is 0 Å². The van der Waals surface area contributed by atoms with Crippen LogP contribution in [0.25, 0.3) is 0 Å². The number of guanidine groups is 1. The van der Waals surface area contributed by atoms with Gasteiger partial charge in [-0.3, -0.25) is 4.99 Å². The summed E-state index contributed by atoms with van der Waals surface area (Å²) in [7, 11) is 0. The monoisotopic (exact) mass is 266 g/mol. The predicted molar refractivity (Wildman–Crippen MR) is 76.9 cm³/mol. The van der Waals surface area contributed by atoms with Crippen molar-refractivity contribution in [2.24, 2.45) is 10.7 Å². The van der Waals surface area contributed by atoms with Gasteiger partial charge in [-0.1, -0.05) is 19.3 Å². The maximum absolute atomic E-state index is 5.97. The van der Waals surface area contributed by atoms with Gasteiger partial charge < -0.3 is 11.1 Å². The van der Waals surface area contributed by atoms with E-state index < -0.39 is 0 Å². The van der Waals surface area contributed by atoms with E-state index in [1.165, 1.54) is 32.1 Å². The molecule has 3 N–H and O–H groups in total. The van der Waals surface area contributed by atoms with Crippen LogP contribution in [0.4, 0.5) is 0 Å². The number of hydrogen-bond donors (Lipinski definition) is 2. The Morgan fingerprint density at radius 2 is 2.22 bits per heavy atom. The van der Waals surface area contributed by atoms with Gasteiger partial charge in [0.25, 0.3) is 0 Å². The number of nitrogens with zero attached hydrogens (tertiary/aromatic N) is 2. The minimum Gasteiger partial charge on any atom is -0.370 e. The Hall–Kier alpha value is -1.10. The molecule has 0 saturated heterocycles. The van der Waals surface area contributed by atoms with Crippen LogP contribution in [0.3, 0.4) is 0 Å². The molecule has 0 aliphatic heterocycles. The van der Waals surface area contributed by atoms with E-state index in [-0.39, 0.29) is 6.04 Å². The summed E-state index contributed by atoms with van der Waals surface area (Å²) in [5.41, 5.74) is 7.03. The van der Waals surface area contributed by atoms with Crippen molar-refractivity contribution in [1.82, 2.24) is 10.3 Å². The molecule has 2 rings (SSSR count). The lowest BCUT2D eigenvalue weighted by atomic mass is 9.96. The molecule has 0 aromatic carbocycles. The SMILES string of the molecule is Cc1csc(C(C)NC(N)=NC2CCCCC2)n1. The van der Waals surface area contributed by atoms with E-state index >= 15 is 0 Å². The van der Waals surface area contributed by atoms with E-state index in [1.807, 2.05) is 6.92 Å². The second kappa shape index (κ2) is 6.18. The highest BCUT2D eigenvalue weighted by atomic mass is 32.1. The number of aryl methyl sites for hydroxylation is 1. The van der Waals surface area contributed by atoms with Gasteiger partial charge in [-0.15, -0.1) is 11.3 Å². The second-order valence-electron chi connectivity index (χ2n) is 5.00. The fraction of sp³-hybridized carbons (Fsp3) is 0.692. The largest absolute Gasteiger partial charge is 0.370 e. The molecule has 4 nitrogen and oxygen atoms in total. The summed E-state index contributed by atoms with van der Waals surface area (Å²) in [6.45, 7) is 4.08. The number of nitrogens with two attached hydrogens (primary N) is 1. The van der Waals surface area contributed by atoms with Gasteiger partial charge in [0.2, 0.25) is 0 Å². The molecular formula is C13H22N4S. The summed E-state index contributed by atoms with van der Waals surface area (Å²) in [5.74, 6) is 0.558. The quantitative estimate of drug-likeness (QED) is 0.653. The fourth-order valence-corrected chi connectivity index (χ4v) is 3.10. The van der Waals surface area contributed by atoms with Crippen LogP contribution >= 0.6 is 11.3 Å². The van der Waals surface area contributed by atoms with Crippen molar-refractivity contribution in [2.75, 3.05) is 0 Å². The average molecular weight is 266 g/mol. The first-order valence-electron chi connectivity index (χ1n) is 6.67. The molecule has 1 heterocycles. The number of aliphatic imine (C=N–C) groups is 1. The van der Waals surface area contributed by atoms with Crippen LogP contribution in [0.5, 0.6) is 0 Å². The first-order valence-corrected chi connectivity index (χ1v) is 7.55. The van der Waals surface area contributed by atoms with Gasteiger partial charge in [-0.05, 0) is 26.7 Å². The molecule has 100 valence electrons. The van der Waals surface area contributed by atoms with Crippen LogP contribution in [-0.4, -0.2) is 17.0 Å². The Morgan fingerprint density at radius 3 is 2.83 bits per heavy atom. The highest BCUT2D eigenvalue weighted by Crippen LogP contribution is 2.20. The lowest BCUT2D eigenvalue weighted by molar-refractivity contribution is 0.441. The molecule has 0 amide bonds. The van der Waals surface area contributed by atoms with E-state index in [0.717, 1.165) is 10.7 Å². The van der Waals surface area contributed by atoms with E-state index in [1.54, 1.807) is 11.3 Å². The molecule has 0 radical (unpaired) electrons. The first-order chi connectivity index (χ1) is 8.65. The molecule has 1 atom stereocenters. The smallest absolute Gasteiger partial charge is 0.189 e. The summed E-state index contributed by atoms with van der Waals surface area (Å²) in [4.78, 5) is 9.02. The third kappa shape index (κ3) is 3.70. The van der Waals surface area contributed by atoms with Crippen molar-refractivity contribution in [3.8, 4) is 0 Å². The second-order valence-corrected chi connectivity index (χ2v) is 5.89. The zero-order valence-electron chi connectivity index (χ0n) is 11.1. The maximum atomic E-state index is 5.97.